The molecule has 0 fully saturated rings. The number of rotatable bonds is 4. The number of nitrogens with one attached hydrogen (secondary N) is 1. The summed E-state index contributed by atoms with van der Waals surface area (Å²) in [6.45, 7) is 0. The van der Waals surface area contributed by atoms with Crippen molar-refractivity contribution in [2.75, 3.05) is 4.72 Å². The van der Waals surface area contributed by atoms with Gasteiger partial charge in [-0.2, -0.15) is 17.5 Å². The van der Waals surface area contributed by atoms with Gasteiger partial charge in [0.05, 0.1) is 10.5 Å². The number of aromatic nitrogens is 2. The second-order valence-electron chi connectivity index (χ2n) is 6.00. The van der Waals surface area contributed by atoms with E-state index in [-0.39, 0.29) is 0 Å². The second kappa shape index (κ2) is 7.85. The molecule has 29 heavy (non-hydrogen) atoms. The highest BCUT2D eigenvalue weighted by molar-refractivity contribution is 9.10. The van der Waals surface area contributed by atoms with E-state index in [4.69, 9.17) is 0 Å². The fourth-order valence-corrected chi connectivity index (χ4v) is 4.89. The van der Waals surface area contributed by atoms with Crippen molar-refractivity contribution >= 4 is 54.4 Å². The Morgan fingerprint density at radius 3 is 2.55 bits per heavy atom. The molecule has 0 spiro atoms. The molecule has 4 aromatic rings. The topological polar surface area (TPSA) is 54.9 Å². The Bertz CT molecular complexity index is 1210. The van der Waals surface area contributed by atoms with Crippen LogP contribution in [-0.4, -0.2) is 13.6 Å². The van der Waals surface area contributed by atoms with Crippen LogP contribution in [0.5, 0.6) is 0 Å². The molecule has 0 bridgehead atoms. The Balaban J connectivity index is 1.73. The second-order valence-corrected chi connectivity index (χ2v) is 8.85. The van der Waals surface area contributed by atoms with E-state index in [2.05, 4.69) is 30.0 Å². The summed E-state index contributed by atoms with van der Waals surface area (Å²) in [5.74, 6) is 0. The van der Waals surface area contributed by atoms with Crippen LogP contribution in [0.4, 0.5) is 18.3 Å². The minimum absolute atomic E-state index is 0.352. The van der Waals surface area contributed by atoms with Crippen LogP contribution in [0, 0.1) is 0 Å². The minimum atomic E-state index is -4.40. The summed E-state index contributed by atoms with van der Waals surface area (Å²) in [5.41, 5.74) is 0.704. The van der Waals surface area contributed by atoms with Gasteiger partial charge in [-0.1, -0.05) is 46.3 Å². The fourth-order valence-electron chi connectivity index (χ4n) is 2.88. The van der Waals surface area contributed by atoms with Gasteiger partial charge in [-0.25, -0.2) is 9.19 Å². The maximum atomic E-state index is 12.9. The minimum Gasteiger partial charge on any atom is -0.275 e. The Morgan fingerprint density at radius 1 is 1.03 bits per heavy atom. The molecular weight excluding hydrogens is 487 g/mol. The number of benzene rings is 3. The molecule has 4 rings (SSSR count). The molecule has 1 aromatic heterocycles. The zero-order valence-electron chi connectivity index (χ0n) is 14.4. The quantitative estimate of drug-likeness (QED) is 0.361. The predicted octanol–water partition coefficient (Wildman–Crippen LogP) is 6.27. The van der Waals surface area contributed by atoms with E-state index >= 15 is 0 Å². The summed E-state index contributed by atoms with van der Waals surface area (Å²) < 4.78 is 58.3. The van der Waals surface area contributed by atoms with Gasteiger partial charge in [-0.3, -0.25) is 4.72 Å². The lowest BCUT2D eigenvalue weighted by Crippen LogP contribution is -2.05. The normalized spacial score (nSPS) is 12.8. The number of halogens is 4. The van der Waals surface area contributed by atoms with Crippen molar-refractivity contribution in [1.29, 1.82) is 0 Å². The van der Waals surface area contributed by atoms with E-state index in [1.807, 2.05) is 24.3 Å². The highest BCUT2D eigenvalue weighted by Gasteiger charge is 2.31. The Morgan fingerprint density at radius 2 is 1.86 bits per heavy atom. The smallest absolute Gasteiger partial charge is 0.275 e. The molecule has 1 N–H and O–H groups in total. The van der Waals surface area contributed by atoms with Crippen LogP contribution < -0.4 is 4.72 Å². The number of hydrogen-bond acceptors (Lipinski definition) is 4. The maximum absolute atomic E-state index is 12.9. The number of alkyl halides is 3. The standard InChI is InChI=1S/C19H11BrF3N3OS2/c20-17-9-12(19(21,22)23)4-6-16(17)15-3-1-2-11-8-13(5-7-14(11)15)29(27)26-18-24-10-25-28-18/h1-10H,(H,24,25,26). The molecule has 0 aliphatic heterocycles. The van der Waals surface area contributed by atoms with Crippen LogP contribution in [0.2, 0.25) is 0 Å². The monoisotopic (exact) mass is 497 g/mol. The van der Waals surface area contributed by atoms with Gasteiger partial charge < -0.3 is 0 Å². The Labute approximate surface area is 178 Å². The lowest BCUT2D eigenvalue weighted by Gasteiger charge is -2.13. The van der Waals surface area contributed by atoms with Crippen LogP contribution in [0.3, 0.4) is 0 Å². The third-order valence-electron chi connectivity index (χ3n) is 4.19. The molecule has 3 aromatic carbocycles. The van der Waals surface area contributed by atoms with Gasteiger partial charge in [-0.05, 0) is 46.2 Å². The van der Waals surface area contributed by atoms with Crippen molar-refractivity contribution in [2.45, 2.75) is 11.1 Å². The zero-order chi connectivity index (χ0) is 20.6. The van der Waals surface area contributed by atoms with Crippen LogP contribution in [-0.2, 0) is 17.2 Å². The third kappa shape index (κ3) is 4.19. The summed E-state index contributed by atoms with van der Waals surface area (Å²) in [7, 11) is -1.51. The van der Waals surface area contributed by atoms with Gasteiger partial charge in [0.1, 0.15) is 6.33 Å². The molecule has 0 radical (unpaired) electrons. The van der Waals surface area contributed by atoms with Crippen LogP contribution in [0.1, 0.15) is 5.56 Å². The number of anilines is 1. The van der Waals surface area contributed by atoms with Gasteiger partial charge in [0.2, 0.25) is 5.13 Å². The summed E-state index contributed by atoms with van der Waals surface area (Å²) >= 11 is 4.37. The molecule has 10 heteroatoms. The van der Waals surface area contributed by atoms with Gasteiger partial charge in [-0.15, -0.1) is 0 Å². The largest absolute Gasteiger partial charge is 0.416 e. The van der Waals surface area contributed by atoms with Crippen molar-refractivity contribution in [3.63, 3.8) is 0 Å². The number of fused-ring (bicyclic) bond motifs is 1. The average Bonchev–Trinajstić information content (AvgIpc) is 3.19. The lowest BCUT2D eigenvalue weighted by molar-refractivity contribution is -0.137. The Kier molecular flexibility index (Phi) is 5.41. The van der Waals surface area contributed by atoms with E-state index in [0.29, 0.717) is 20.1 Å². The van der Waals surface area contributed by atoms with E-state index in [1.165, 1.54) is 12.4 Å². The highest BCUT2D eigenvalue weighted by Crippen LogP contribution is 2.38. The molecule has 148 valence electrons. The summed E-state index contributed by atoms with van der Waals surface area (Å²) in [5, 5.41) is 2.11. The molecule has 0 amide bonds. The van der Waals surface area contributed by atoms with Crippen LogP contribution in [0.25, 0.3) is 21.9 Å². The molecule has 4 nitrogen and oxygen atoms in total. The average molecular weight is 498 g/mol. The first kappa shape index (κ1) is 20.0. The number of nitrogens with zero attached hydrogens (tertiary/aromatic N) is 2. The molecule has 1 unspecified atom stereocenters. The van der Waals surface area contributed by atoms with Crippen LogP contribution in [0.15, 0.2) is 70.3 Å². The summed E-state index contributed by atoms with van der Waals surface area (Å²) in [6.07, 6.45) is -3.03. The third-order valence-corrected chi connectivity index (χ3v) is 6.62. The SMILES string of the molecule is O=S(Nc1ncns1)c1ccc2c(-c3ccc(C(F)(F)F)cc3Br)cccc2c1. The molecular formula is C19H11BrF3N3OS2. The first-order valence-electron chi connectivity index (χ1n) is 8.18. The molecule has 0 saturated carbocycles. The first-order valence-corrected chi connectivity index (χ1v) is 10.9. The van der Waals surface area contributed by atoms with Crippen molar-refractivity contribution in [2.24, 2.45) is 0 Å². The van der Waals surface area contributed by atoms with E-state index in [0.717, 1.165) is 40.0 Å². The Hall–Kier alpha value is -2.30. The van der Waals surface area contributed by atoms with E-state index < -0.39 is 22.7 Å². The van der Waals surface area contributed by atoms with Crippen LogP contribution >= 0.6 is 27.5 Å². The summed E-state index contributed by atoms with van der Waals surface area (Å²) in [4.78, 5) is 4.50. The van der Waals surface area contributed by atoms with Gasteiger partial charge >= 0.3 is 6.18 Å². The van der Waals surface area contributed by atoms with Gasteiger partial charge in [0, 0.05) is 16.0 Å². The lowest BCUT2D eigenvalue weighted by atomic mass is 9.97. The van der Waals surface area contributed by atoms with E-state index in [1.54, 1.807) is 12.1 Å². The van der Waals surface area contributed by atoms with Gasteiger partial charge in [0.25, 0.3) is 0 Å². The van der Waals surface area contributed by atoms with Crippen molar-refractivity contribution in [3.05, 3.63) is 71.0 Å². The van der Waals surface area contributed by atoms with Crippen molar-refractivity contribution < 1.29 is 17.4 Å². The van der Waals surface area contributed by atoms with Gasteiger partial charge in [0.15, 0.2) is 11.0 Å². The molecule has 0 aliphatic carbocycles. The highest BCUT2D eigenvalue weighted by atomic mass is 79.9. The molecule has 0 aliphatic rings. The fraction of sp³-hybridized carbons (Fsp3) is 0.0526. The van der Waals surface area contributed by atoms with Crippen molar-refractivity contribution in [3.8, 4) is 11.1 Å². The molecule has 1 atom stereocenters. The predicted molar refractivity (Wildman–Crippen MR) is 112 cm³/mol. The maximum Gasteiger partial charge on any atom is 0.416 e. The summed E-state index contributed by atoms with van der Waals surface area (Å²) in [6, 6.07) is 14.4. The van der Waals surface area contributed by atoms with E-state index in [9.17, 15) is 17.4 Å². The molecule has 1 heterocycles. The molecule has 0 saturated heterocycles. The zero-order valence-corrected chi connectivity index (χ0v) is 17.6. The number of hydrogen-bond donors (Lipinski definition) is 1. The van der Waals surface area contributed by atoms with Crippen molar-refractivity contribution in [1.82, 2.24) is 9.36 Å². The first-order chi connectivity index (χ1) is 13.8.